The topological polar surface area (TPSA) is 63.6 Å². The molecule has 1 N–H and O–H groups in total. The minimum atomic E-state index is -3.73. The van der Waals surface area contributed by atoms with Crippen LogP contribution in [0.15, 0.2) is 35.2 Å². The first kappa shape index (κ1) is 22.1. The van der Waals surface area contributed by atoms with Gasteiger partial charge in [-0.3, -0.25) is 4.18 Å². The molecule has 0 bridgehead atoms. The molecule has 0 fully saturated rings. The average Bonchev–Trinajstić information content (AvgIpc) is 2.63. The highest BCUT2D eigenvalue weighted by molar-refractivity contribution is 7.86. The average molecular weight is 371 g/mol. The Bertz CT molecular complexity index is 528. The van der Waals surface area contributed by atoms with Gasteiger partial charge in [0.2, 0.25) is 0 Å². The molecular weight excluding hydrogens is 336 g/mol. The van der Waals surface area contributed by atoms with Crippen LogP contribution in [0.5, 0.6) is 0 Å². The molecule has 1 aromatic carbocycles. The molecule has 25 heavy (non-hydrogen) atoms. The molecule has 0 saturated heterocycles. The lowest BCUT2D eigenvalue weighted by atomic mass is 10.0. The highest BCUT2D eigenvalue weighted by atomic mass is 32.2. The molecule has 1 atom stereocenters. The second-order valence-corrected chi connectivity index (χ2v) is 8.33. The second-order valence-electron chi connectivity index (χ2n) is 6.72. The molecule has 4 nitrogen and oxygen atoms in total. The molecule has 0 heterocycles. The van der Waals surface area contributed by atoms with Gasteiger partial charge in [-0.15, -0.1) is 0 Å². The smallest absolute Gasteiger partial charge is 0.296 e. The monoisotopic (exact) mass is 370 g/mol. The summed E-state index contributed by atoms with van der Waals surface area (Å²) < 4.78 is 29.3. The Morgan fingerprint density at radius 2 is 1.48 bits per heavy atom. The zero-order valence-corrected chi connectivity index (χ0v) is 16.3. The van der Waals surface area contributed by atoms with Crippen molar-refractivity contribution >= 4 is 10.1 Å². The third-order valence-corrected chi connectivity index (χ3v) is 5.76. The van der Waals surface area contributed by atoms with Gasteiger partial charge in [0, 0.05) is 12.5 Å². The normalized spacial score (nSPS) is 13.0. The van der Waals surface area contributed by atoms with Gasteiger partial charge in [0.25, 0.3) is 10.1 Å². The van der Waals surface area contributed by atoms with Crippen molar-refractivity contribution in [2.75, 3.05) is 13.2 Å². The SMILES string of the molecule is CCCCCCCCCCCC(CO)COS(=O)(=O)c1ccccc1. The van der Waals surface area contributed by atoms with Gasteiger partial charge in [-0.25, -0.2) is 0 Å². The molecule has 0 aromatic heterocycles. The van der Waals surface area contributed by atoms with E-state index in [9.17, 15) is 13.5 Å². The highest BCUT2D eigenvalue weighted by Crippen LogP contribution is 2.17. The van der Waals surface area contributed by atoms with Gasteiger partial charge in [0.15, 0.2) is 0 Å². The summed E-state index contributed by atoms with van der Waals surface area (Å²) in [6.45, 7) is 2.23. The van der Waals surface area contributed by atoms with Gasteiger partial charge in [-0.2, -0.15) is 8.42 Å². The van der Waals surface area contributed by atoms with Gasteiger partial charge in [0.1, 0.15) is 0 Å². The number of aliphatic hydroxyl groups excluding tert-OH is 1. The summed E-state index contributed by atoms with van der Waals surface area (Å²) in [5.41, 5.74) is 0. The Kier molecular flexibility index (Phi) is 11.8. The Labute approximate surface area is 153 Å². The fourth-order valence-electron chi connectivity index (χ4n) is 2.81. The number of hydrogen-bond donors (Lipinski definition) is 1. The standard InChI is InChI=1S/C20H34O4S/c1-2-3-4-5-6-7-8-9-11-14-19(17-21)18-24-25(22,23)20-15-12-10-13-16-20/h10,12-13,15-16,19,21H,2-9,11,14,17-18H2,1H3. The van der Waals surface area contributed by atoms with E-state index in [2.05, 4.69) is 6.92 Å². The molecule has 1 unspecified atom stereocenters. The molecule has 0 aliphatic heterocycles. The van der Waals surface area contributed by atoms with E-state index in [4.69, 9.17) is 4.18 Å². The summed E-state index contributed by atoms with van der Waals surface area (Å²) in [7, 11) is -3.73. The maximum absolute atomic E-state index is 12.1. The lowest BCUT2D eigenvalue weighted by molar-refractivity contribution is 0.157. The molecule has 5 heteroatoms. The van der Waals surface area contributed by atoms with Gasteiger partial charge in [-0.1, -0.05) is 82.9 Å². The molecule has 144 valence electrons. The predicted octanol–water partition coefficient (Wildman–Crippen LogP) is 4.92. The van der Waals surface area contributed by atoms with Crippen LogP contribution in [0, 0.1) is 5.92 Å². The summed E-state index contributed by atoms with van der Waals surface area (Å²) >= 11 is 0. The van der Waals surface area contributed by atoms with Gasteiger partial charge < -0.3 is 5.11 Å². The van der Waals surface area contributed by atoms with E-state index < -0.39 is 10.1 Å². The van der Waals surface area contributed by atoms with Crippen molar-refractivity contribution in [2.45, 2.75) is 76.0 Å². The van der Waals surface area contributed by atoms with Crippen LogP contribution < -0.4 is 0 Å². The first-order valence-electron chi connectivity index (χ1n) is 9.65. The highest BCUT2D eigenvalue weighted by Gasteiger charge is 2.17. The fraction of sp³-hybridized carbons (Fsp3) is 0.700. The number of rotatable bonds is 15. The van der Waals surface area contributed by atoms with Gasteiger partial charge in [0.05, 0.1) is 11.5 Å². The summed E-state index contributed by atoms with van der Waals surface area (Å²) in [6, 6.07) is 8.14. The van der Waals surface area contributed by atoms with E-state index >= 15 is 0 Å². The maximum Gasteiger partial charge on any atom is 0.296 e. The number of hydrogen-bond acceptors (Lipinski definition) is 4. The summed E-state index contributed by atoms with van der Waals surface area (Å²) in [4.78, 5) is 0.162. The first-order chi connectivity index (χ1) is 12.1. The van der Waals surface area contributed by atoms with Crippen LogP contribution in [0.25, 0.3) is 0 Å². The van der Waals surface area contributed by atoms with Crippen LogP contribution in [0.4, 0.5) is 0 Å². The molecule has 1 rings (SSSR count). The van der Waals surface area contributed by atoms with Crippen molar-refractivity contribution in [1.29, 1.82) is 0 Å². The van der Waals surface area contributed by atoms with Crippen LogP contribution in [0.3, 0.4) is 0 Å². The van der Waals surface area contributed by atoms with Crippen molar-refractivity contribution in [3.05, 3.63) is 30.3 Å². The molecule has 0 radical (unpaired) electrons. The van der Waals surface area contributed by atoms with E-state index in [1.54, 1.807) is 18.2 Å². The third kappa shape index (κ3) is 9.97. The quantitative estimate of drug-likeness (QED) is 0.351. The summed E-state index contributed by atoms with van der Waals surface area (Å²) in [5.74, 6) is -0.122. The van der Waals surface area contributed by atoms with Crippen LogP contribution in [0.1, 0.15) is 71.1 Å². The Balaban J connectivity index is 2.16. The van der Waals surface area contributed by atoms with Crippen LogP contribution in [-0.2, 0) is 14.3 Å². The van der Waals surface area contributed by atoms with Crippen LogP contribution in [0.2, 0.25) is 0 Å². The number of benzene rings is 1. The second kappa shape index (κ2) is 13.3. The zero-order chi connectivity index (χ0) is 18.4. The first-order valence-corrected chi connectivity index (χ1v) is 11.1. The zero-order valence-electron chi connectivity index (χ0n) is 15.5. The van der Waals surface area contributed by atoms with Crippen molar-refractivity contribution in [2.24, 2.45) is 5.92 Å². The van der Waals surface area contributed by atoms with E-state index in [-0.39, 0.29) is 24.0 Å². The van der Waals surface area contributed by atoms with Gasteiger partial charge in [-0.05, 0) is 18.6 Å². The van der Waals surface area contributed by atoms with Crippen molar-refractivity contribution in [1.82, 2.24) is 0 Å². The van der Waals surface area contributed by atoms with E-state index in [0.717, 1.165) is 19.3 Å². The fourth-order valence-corrected chi connectivity index (χ4v) is 3.81. The Hall–Kier alpha value is -0.910. The third-order valence-electron chi connectivity index (χ3n) is 4.46. The molecular formula is C20H34O4S. The molecule has 0 amide bonds. The number of aliphatic hydroxyl groups is 1. The molecule has 1 aromatic rings. The largest absolute Gasteiger partial charge is 0.396 e. The van der Waals surface area contributed by atoms with Gasteiger partial charge >= 0.3 is 0 Å². The summed E-state index contributed by atoms with van der Waals surface area (Å²) in [6.07, 6.45) is 12.0. The van der Waals surface area contributed by atoms with Crippen LogP contribution in [-0.4, -0.2) is 26.7 Å². The lowest BCUT2D eigenvalue weighted by Crippen LogP contribution is -2.17. The minimum Gasteiger partial charge on any atom is -0.396 e. The van der Waals surface area contributed by atoms with Crippen molar-refractivity contribution in [3.63, 3.8) is 0 Å². The lowest BCUT2D eigenvalue weighted by Gasteiger charge is -2.14. The van der Waals surface area contributed by atoms with Crippen LogP contribution >= 0.6 is 0 Å². The minimum absolute atomic E-state index is 0.0403. The van der Waals surface area contributed by atoms with Crippen molar-refractivity contribution in [3.8, 4) is 0 Å². The van der Waals surface area contributed by atoms with Crippen molar-refractivity contribution < 1.29 is 17.7 Å². The predicted molar refractivity (Wildman–Crippen MR) is 102 cm³/mol. The van der Waals surface area contributed by atoms with E-state index in [1.807, 2.05) is 0 Å². The Morgan fingerprint density at radius 3 is 2.04 bits per heavy atom. The Morgan fingerprint density at radius 1 is 0.920 bits per heavy atom. The van der Waals surface area contributed by atoms with E-state index in [0.29, 0.717) is 0 Å². The molecule has 0 aliphatic rings. The maximum atomic E-state index is 12.1. The van der Waals surface area contributed by atoms with E-state index in [1.165, 1.54) is 57.1 Å². The molecule has 0 aliphatic carbocycles. The molecule has 0 saturated carbocycles. The number of unbranched alkanes of at least 4 members (excludes halogenated alkanes) is 8. The molecule has 0 spiro atoms. The summed E-state index contributed by atoms with van der Waals surface area (Å²) in [5, 5.41) is 9.44.